The fraction of sp³-hybridized carbons (Fsp3) is 0.368. The van der Waals surface area contributed by atoms with Gasteiger partial charge in [-0.2, -0.15) is 0 Å². The highest BCUT2D eigenvalue weighted by atomic mass is 32.2. The van der Waals surface area contributed by atoms with Gasteiger partial charge in [0.25, 0.3) is 0 Å². The molecule has 128 valence electrons. The lowest BCUT2D eigenvalue weighted by Crippen LogP contribution is -2.41. The molecule has 1 N–H and O–H groups in total. The van der Waals surface area contributed by atoms with E-state index in [1.807, 2.05) is 69.3 Å². The standard InChI is InChI=1S/C19H23NO3S/c1-14-8-10-15(11-9-14)13-24(21,22)20-17-12-19(2,3)23-18-7-5-4-6-16(17)18/h4-11,17,20H,12-13H2,1-3H3/t17-/m0/s1. The fourth-order valence-electron chi connectivity index (χ4n) is 3.07. The molecule has 0 aromatic heterocycles. The smallest absolute Gasteiger partial charge is 0.216 e. The molecule has 3 rings (SSSR count). The summed E-state index contributed by atoms with van der Waals surface area (Å²) >= 11 is 0. The number of sulfonamides is 1. The third-order valence-corrected chi connectivity index (χ3v) is 5.53. The lowest BCUT2D eigenvalue weighted by atomic mass is 9.90. The molecule has 0 bridgehead atoms. The van der Waals surface area contributed by atoms with Crippen LogP contribution in [0.25, 0.3) is 0 Å². The maximum atomic E-state index is 12.6. The van der Waals surface area contributed by atoms with Crippen molar-refractivity contribution >= 4 is 10.0 Å². The number of fused-ring (bicyclic) bond motifs is 1. The van der Waals surface area contributed by atoms with Gasteiger partial charge < -0.3 is 4.74 Å². The number of aryl methyl sites for hydroxylation is 1. The predicted octanol–water partition coefficient (Wildman–Crippen LogP) is 3.72. The zero-order valence-corrected chi connectivity index (χ0v) is 15.1. The molecule has 1 heterocycles. The topological polar surface area (TPSA) is 55.4 Å². The van der Waals surface area contributed by atoms with Crippen molar-refractivity contribution in [2.75, 3.05) is 0 Å². The van der Waals surface area contributed by atoms with Crippen molar-refractivity contribution in [3.8, 4) is 5.75 Å². The molecule has 2 aromatic rings. The van der Waals surface area contributed by atoms with Crippen LogP contribution < -0.4 is 9.46 Å². The summed E-state index contributed by atoms with van der Waals surface area (Å²) in [6, 6.07) is 14.9. The first kappa shape index (κ1) is 17.0. The minimum atomic E-state index is -3.45. The highest BCUT2D eigenvalue weighted by molar-refractivity contribution is 7.88. The largest absolute Gasteiger partial charge is 0.487 e. The molecule has 2 aromatic carbocycles. The van der Waals surface area contributed by atoms with Crippen LogP contribution in [0.3, 0.4) is 0 Å². The van der Waals surface area contributed by atoms with Gasteiger partial charge in [0.15, 0.2) is 0 Å². The van der Waals surface area contributed by atoms with Crippen molar-refractivity contribution in [3.63, 3.8) is 0 Å². The van der Waals surface area contributed by atoms with Gasteiger partial charge in [-0.1, -0.05) is 48.0 Å². The molecule has 5 heteroatoms. The first-order valence-electron chi connectivity index (χ1n) is 8.08. The highest BCUT2D eigenvalue weighted by Crippen LogP contribution is 2.39. The van der Waals surface area contributed by atoms with E-state index < -0.39 is 15.6 Å². The summed E-state index contributed by atoms with van der Waals surface area (Å²) in [5, 5.41) is 0. The van der Waals surface area contributed by atoms with Crippen molar-refractivity contribution in [2.45, 2.75) is 44.6 Å². The van der Waals surface area contributed by atoms with Crippen molar-refractivity contribution in [1.82, 2.24) is 4.72 Å². The quantitative estimate of drug-likeness (QED) is 0.919. The minimum Gasteiger partial charge on any atom is -0.487 e. The molecular formula is C19H23NO3S. The van der Waals surface area contributed by atoms with E-state index in [0.29, 0.717) is 6.42 Å². The maximum absolute atomic E-state index is 12.6. The molecule has 0 aliphatic carbocycles. The monoisotopic (exact) mass is 345 g/mol. The predicted molar refractivity (Wildman–Crippen MR) is 95.4 cm³/mol. The Balaban J connectivity index is 1.82. The van der Waals surface area contributed by atoms with Gasteiger partial charge in [-0.05, 0) is 32.4 Å². The van der Waals surface area contributed by atoms with Crippen molar-refractivity contribution in [2.24, 2.45) is 0 Å². The Morgan fingerprint density at radius 2 is 1.79 bits per heavy atom. The van der Waals surface area contributed by atoms with Gasteiger partial charge in [0.2, 0.25) is 10.0 Å². The van der Waals surface area contributed by atoms with Crippen LogP contribution in [-0.4, -0.2) is 14.0 Å². The van der Waals surface area contributed by atoms with Gasteiger partial charge in [-0.3, -0.25) is 0 Å². The zero-order valence-electron chi connectivity index (χ0n) is 14.2. The fourth-order valence-corrected chi connectivity index (χ4v) is 4.43. The van der Waals surface area contributed by atoms with Gasteiger partial charge in [-0.25, -0.2) is 13.1 Å². The van der Waals surface area contributed by atoms with Crippen molar-refractivity contribution in [1.29, 1.82) is 0 Å². The molecule has 0 spiro atoms. The number of ether oxygens (including phenoxy) is 1. The second-order valence-electron chi connectivity index (χ2n) is 7.02. The van der Waals surface area contributed by atoms with E-state index in [9.17, 15) is 8.42 Å². The summed E-state index contributed by atoms with van der Waals surface area (Å²) in [5.41, 5.74) is 2.38. The molecule has 4 nitrogen and oxygen atoms in total. The van der Waals surface area contributed by atoms with E-state index in [1.165, 1.54) is 0 Å². The van der Waals surface area contributed by atoms with Gasteiger partial charge in [0.05, 0.1) is 11.8 Å². The van der Waals surface area contributed by atoms with E-state index in [2.05, 4.69) is 4.72 Å². The van der Waals surface area contributed by atoms with Crippen LogP contribution in [-0.2, 0) is 15.8 Å². The normalized spacial score (nSPS) is 19.4. The molecule has 1 aliphatic rings. The molecule has 0 fully saturated rings. The van der Waals surface area contributed by atoms with Crippen LogP contribution >= 0.6 is 0 Å². The third kappa shape index (κ3) is 3.97. The van der Waals surface area contributed by atoms with E-state index in [-0.39, 0.29) is 11.8 Å². The Morgan fingerprint density at radius 3 is 2.50 bits per heavy atom. The summed E-state index contributed by atoms with van der Waals surface area (Å²) in [6.45, 7) is 5.94. The first-order chi connectivity index (χ1) is 11.2. The van der Waals surface area contributed by atoms with Crippen molar-refractivity contribution in [3.05, 3.63) is 65.2 Å². The molecule has 1 aliphatic heterocycles. The van der Waals surface area contributed by atoms with E-state index in [0.717, 1.165) is 22.4 Å². The Hall–Kier alpha value is -1.85. The van der Waals surface area contributed by atoms with Crippen LogP contribution in [0.5, 0.6) is 5.75 Å². The average molecular weight is 345 g/mol. The average Bonchev–Trinajstić information content (AvgIpc) is 2.48. The molecular weight excluding hydrogens is 322 g/mol. The SMILES string of the molecule is Cc1ccc(CS(=O)(=O)N[C@H]2CC(C)(C)Oc3ccccc32)cc1. The number of para-hydroxylation sites is 1. The molecule has 0 radical (unpaired) electrons. The number of hydrogen-bond donors (Lipinski definition) is 1. The number of benzene rings is 2. The molecule has 24 heavy (non-hydrogen) atoms. The summed E-state index contributed by atoms with van der Waals surface area (Å²) in [5.74, 6) is 0.726. The summed E-state index contributed by atoms with van der Waals surface area (Å²) in [7, 11) is -3.45. The van der Waals surface area contributed by atoms with Gasteiger partial charge in [0.1, 0.15) is 11.4 Å². The lowest BCUT2D eigenvalue weighted by molar-refractivity contribution is 0.0702. The summed E-state index contributed by atoms with van der Waals surface area (Å²) in [6.07, 6.45) is 0.594. The molecule has 0 saturated heterocycles. The number of rotatable bonds is 4. The Kier molecular flexibility index (Phi) is 4.40. The summed E-state index contributed by atoms with van der Waals surface area (Å²) in [4.78, 5) is 0. The van der Waals surface area contributed by atoms with Crippen LogP contribution in [0.1, 0.15) is 43.0 Å². The Morgan fingerprint density at radius 1 is 1.12 bits per heavy atom. The molecule has 1 atom stereocenters. The second kappa shape index (κ2) is 6.22. The Labute approximate surface area is 143 Å². The van der Waals surface area contributed by atoms with Crippen LogP contribution in [0.4, 0.5) is 0 Å². The van der Waals surface area contributed by atoms with Gasteiger partial charge in [0, 0.05) is 12.0 Å². The number of hydrogen-bond acceptors (Lipinski definition) is 3. The van der Waals surface area contributed by atoms with Gasteiger partial charge >= 0.3 is 0 Å². The summed E-state index contributed by atoms with van der Waals surface area (Å²) < 4.78 is 34.1. The number of nitrogens with one attached hydrogen (secondary N) is 1. The Bertz CT molecular complexity index is 826. The molecule has 0 saturated carbocycles. The zero-order chi connectivity index (χ0) is 17.4. The lowest BCUT2D eigenvalue weighted by Gasteiger charge is -2.37. The third-order valence-electron chi connectivity index (χ3n) is 4.18. The maximum Gasteiger partial charge on any atom is 0.216 e. The van der Waals surface area contributed by atoms with Crippen LogP contribution in [0, 0.1) is 6.92 Å². The highest BCUT2D eigenvalue weighted by Gasteiger charge is 2.35. The van der Waals surface area contributed by atoms with Crippen LogP contribution in [0.15, 0.2) is 48.5 Å². The van der Waals surface area contributed by atoms with E-state index in [4.69, 9.17) is 4.74 Å². The van der Waals surface area contributed by atoms with E-state index in [1.54, 1.807) is 0 Å². The van der Waals surface area contributed by atoms with E-state index >= 15 is 0 Å². The second-order valence-corrected chi connectivity index (χ2v) is 8.77. The molecule has 0 amide bonds. The minimum absolute atomic E-state index is 0.0206. The first-order valence-corrected chi connectivity index (χ1v) is 9.73. The molecule has 0 unspecified atom stereocenters. The van der Waals surface area contributed by atoms with Crippen molar-refractivity contribution < 1.29 is 13.2 Å². The van der Waals surface area contributed by atoms with Gasteiger partial charge in [-0.15, -0.1) is 0 Å². The van der Waals surface area contributed by atoms with Crippen LogP contribution in [0.2, 0.25) is 0 Å².